The predicted octanol–water partition coefficient (Wildman–Crippen LogP) is 1.36. The summed E-state index contributed by atoms with van der Waals surface area (Å²) in [6, 6.07) is 1.74. The zero-order valence-corrected chi connectivity index (χ0v) is 12.7. The van der Waals surface area contributed by atoms with E-state index < -0.39 is 0 Å². The highest BCUT2D eigenvalue weighted by Gasteiger charge is 2.48. The zero-order chi connectivity index (χ0) is 15.2. The maximum atomic E-state index is 12.4. The number of hydrogen-bond donors (Lipinski definition) is 0. The average Bonchev–Trinajstić information content (AvgIpc) is 3.17. The van der Waals surface area contributed by atoms with E-state index in [1.807, 2.05) is 22.8 Å². The lowest BCUT2D eigenvalue weighted by Gasteiger charge is -2.48. The van der Waals surface area contributed by atoms with Crippen molar-refractivity contribution in [2.75, 3.05) is 26.2 Å². The Kier molecular flexibility index (Phi) is 3.07. The van der Waals surface area contributed by atoms with Crippen molar-refractivity contribution in [2.45, 2.75) is 13.0 Å². The van der Waals surface area contributed by atoms with E-state index in [4.69, 9.17) is 4.42 Å². The molecule has 0 saturated carbocycles. The summed E-state index contributed by atoms with van der Waals surface area (Å²) in [5.41, 5.74) is 2.20. The summed E-state index contributed by atoms with van der Waals surface area (Å²) < 4.78 is 6.85. The molecule has 2 aliphatic rings. The van der Waals surface area contributed by atoms with Gasteiger partial charge in [-0.15, -0.1) is 0 Å². The number of aryl methyl sites for hydroxylation is 1. The molecule has 0 atom stereocenters. The topological polar surface area (TPSA) is 54.5 Å². The van der Waals surface area contributed by atoms with Gasteiger partial charge >= 0.3 is 0 Å². The second-order valence-corrected chi connectivity index (χ2v) is 6.66. The van der Waals surface area contributed by atoms with Crippen LogP contribution in [0.5, 0.6) is 0 Å². The second kappa shape index (κ2) is 4.98. The Balaban J connectivity index is 1.33. The van der Waals surface area contributed by atoms with E-state index in [0.29, 0.717) is 11.0 Å². The summed E-state index contributed by atoms with van der Waals surface area (Å²) in [6.07, 6.45) is 8.17. The number of carbonyl (C=O) groups is 1. The Hall–Kier alpha value is -2.08. The fourth-order valence-corrected chi connectivity index (χ4v) is 3.76. The molecule has 6 heteroatoms. The smallest absolute Gasteiger partial charge is 0.257 e. The van der Waals surface area contributed by atoms with Crippen LogP contribution >= 0.6 is 0 Å². The van der Waals surface area contributed by atoms with Gasteiger partial charge in [0, 0.05) is 56.9 Å². The van der Waals surface area contributed by atoms with Gasteiger partial charge in [0.25, 0.3) is 5.91 Å². The molecule has 0 aromatic carbocycles. The van der Waals surface area contributed by atoms with Gasteiger partial charge in [0.2, 0.25) is 0 Å². The van der Waals surface area contributed by atoms with Crippen molar-refractivity contribution in [1.82, 2.24) is 19.6 Å². The van der Waals surface area contributed by atoms with Crippen molar-refractivity contribution in [1.29, 1.82) is 0 Å². The number of carbonyl (C=O) groups excluding carboxylic acids is 1. The van der Waals surface area contributed by atoms with Crippen LogP contribution in [-0.2, 0) is 13.6 Å². The molecule has 1 spiro atoms. The Morgan fingerprint density at radius 1 is 1.41 bits per heavy atom. The molecule has 2 saturated heterocycles. The molecule has 116 valence electrons. The number of amides is 1. The van der Waals surface area contributed by atoms with Gasteiger partial charge < -0.3 is 9.32 Å². The largest absolute Gasteiger partial charge is 0.472 e. The summed E-state index contributed by atoms with van der Waals surface area (Å²) in [5, 5.41) is 4.21. The van der Waals surface area contributed by atoms with Gasteiger partial charge in [-0.1, -0.05) is 0 Å². The van der Waals surface area contributed by atoms with E-state index in [0.717, 1.165) is 39.1 Å². The zero-order valence-electron chi connectivity index (χ0n) is 12.7. The van der Waals surface area contributed by atoms with E-state index >= 15 is 0 Å². The van der Waals surface area contributed by atoms with Crippen molar-refractivity contribution in [3.8, 4) is 0 Å². The summed E-state index contributed by atoms with van der Waals surface area (Å²) >= 11 is 0. The molecule has 0 unspecified atom stereocenters. The van der Waals surface area contributed by atoms with Gasteiger partial charge in [0.1, 0.15) is 6.26 Å². The Morgan fingerprint density at radius 3 is 2.95 bits per heavy atom. The molecule has 2 aromatic rings. The monoisotopic (exact) mass is 300 g/mol. The third-order valence-electron chi connectivity index (χ3n) is 4.78. The normalized spacial score (nSPS) is 20.5. The first kappa shape index (κ1) is 13.6. The Bertz CT molecular complexity index is 670. The van der Waals surface area contributed by atoms with Gasteiger partial charge in [-0.05, 0) is 12.5 Å². The van der Waals surface area contributed by atoms with Crippen LogP contribution in [0.1, 0.15) is 22.3 Å². The van der Waals surface area contributed by atoms with Crippen LogP contribution in [0.25, 0.3) is 0 Å². The molecular weight excluding hydrogens is 280 g/mol. The molecule has 0 bridgehead atoms. The van der Waals surface area contributed by atoms with Crippen LogP contribution in [-0.4, -0.2) is 51.7 Å². The van der Waals surface area contributed by atoms with E-state index in [2.05, 4.69) is 16.2 Å². The maximum absolute atomic E-state index is 12.4. The van der Waals surface area contributed by atoms with E-state index in [9.17, 15) is 4.79 Å². The van der Waals surface area contributed by atoms with Crippen molar-refractivity contribution in [3.05, 3.63) is 42.1 Å². The molecule has 2 aromatic heterocycles. The van der Waals surface area contributed by atoms with Gasteiger partial charge in [-0.3, -0.25) is 14.4 Å². The molecule has 2 fully saturated rings. The van der Waals surface area contributed by atoms with Gasteiger partial charge in [0.15, 0.2) is 0 Å². The summed E-state index contributed by atoms with van der Waals surface area (Å²) in [7, 11) is 1.94. The number of furan rings is 1. The van der Waals surface area contributed by atoms with E-state index in [1.54, 1.807) is 12.3 Å². The summed E-state index contributed by atoms with van der Waals surface area (Å²) in [4.78, 5) is 16.8. The highest BCUT2D eigenvalue weighted by atomic mass is 16.3. The minimum absolute atomic E-state index is 0.0938. The lowest BCUT2D eigenvalue weighted by molar-refractivity contribution is 0.00259. The molecular formula is C16H20N4O2. The quantitative estimate of drug-likeness (QED) is 0.859. The number of nitrogens with zero attached hydrogens (tertiary/aromatic N) is 4. The van der Waals surface area contributed by atoms with Gasteiger partial charge in [-0.25, -0.2) is 0 Å². The van der Waals surface area contributed by atoms with Gasteiger partial charge in [0.05, 0.1) is 18.0 Å². The second-order valence-electron chi connectivity index (χ2n) is 6.66. The van der Waals surface area contributed by atoms with Gasteiger partial charge in [-0.2, -0.15) is 5.10 Å². The molecule has 0 radical (unpaired) electrons. The lowest BCUT2D eigenvalue weighted by Crippen LogP contribution is -2.57. The molecule has 22 heavy (non-hydrogen) atoms. The Labute approximate surface area is 129 Å². The molecule has 1 amide bonds. The third kappa shape index (κ3) is 2.33. The first-order valence-corrected chi connectivity index (χ1v) is 7.65. The fraction of sp³-hybridized carbons (Fsp3) is 0.500. The minimum atomic E-state index is 0.0938. The van der Waals surface area contributed by atoms with Crippen molar-refractivity contribution >= 4 is 5.91 Å². The molecule has 6 nitrogen and oxygen atoms in total. The SMILES string of the molecule is Cn1cc(CN2CC3(CCN(C(=O)c4ccoc4)C3)C2)cn1. The number of likely N-dealkylation sites (tertiary alicyclic amines) is 2. The average molecular weight is 300 g/mol. The minimum Gasteiger partial charge on any atom is -0.472 e. The summed E-state index contributed by atoms with van der Waals surface area (Å²) in [5.74, 6) is 0.0938. The van der Waals surface area contributed by atoms with Crippen LogP contribution in [0.3, 0.4) is 0 Å². The van der Waals surface area contributed by atoms with Crippen molar-refractivity contribution in [3.63, 3.8) is 0 Å². The molecule has 0 N–H and O–H groups in total. The first-order chi connectivity index (χ1) is 10.6. The van der Waals surface area contributed by atoms with Crippen LogP contribution in [0.4, 0.5) is 0 Å². The van der Waals surface area contributed by atoms with Crippen LogP contribution < -0.4 is 0 Å². The molecule has 2 aliphatic heterocycles. The highest BCUT2D eigenvalue weighted by Crippen LogP contribution is 2.40. The lowest BCUT2D eigenvalue weighted by atomic mass is 9.79. The van der Waals surface area contributed by atoms with E-state index in [-0.39, 0.29) is 5.91 Å². The number of rotatable bonds is 3. The molecule has 0 aliphatic carbocycles. The summed E-state index contributed by atoms with van der Waals surface area (Å²) in [6.45, 7) is 4.80. The van der Waals surface area contributed by atoms with Crippen LogP contribution in [0.2, 0.25) is 0 Å². The standard InChI is InChI=1S/C16H20N4O2/c1-18-7-13(6-17-18)8-19-10-16(11-19)3-4-20(12-16)15(21)14-2-5-22-9-14/h2,5-7,9H,3-4,8,10-12H2,1H3. The van der Waals surface area contributed by atoms with Crippen molar-refractivity contribution < 1.29 is 9.21 Å². The maximum Gasteiger partial charge on any atom is 0.257 e. The number of aromatic nitrogens is 2. The molecule has 4 heterocycles. The first-order valence-electron chi connectivity index (χ1n) is 7.65. The number of hydrogen-bond acceptors (Lipinski definition) is 4. The predicted molar refractivity (Wildman–Crippen MR) is 80.1 cm³/mol. The van der Waals surface area contributed by atoms with E-state index in [1.165, 1.54) is 11.8 Å². The fourth-order valence-electron chi connectivity index (χ4n) is 3.76. The van der Waals surface area contributed by atoms with Crippen molar-refractivity contribution in [2.24, 2.45) is 12.5 Å². The third-order valence-corrected chi connectivity index (χ3v) is 4.78. The van der Waals surface area contributed by atoms with Crippen LogP contribution in [0, 0.1) is 5.41 Å². The van der Waals surface area contributed by atoms with Crippen LogP contribution in [0.15, 0.2) is 35.4 Å². The highest BCUT2D eigenvalue weighted by molar-refractivity contribution is 5.94. The molecule has 4 rings (SSSR count). The Morgan fingerprint density at radius 2 is 2.27 bits per heavy atom.